The van der Waals surface area contributed by atoms with Gasteiger partial charge < -0.3 is 0 Å². The highest BCUT2D eigenvalue weighted by molar-refractivity contribution is 5.88. The fourth-order valence-corrected chi connectivity index (χ4v) is 3.95. The highest BCUT2D eigenvalue weighted by Crippen LogP contribution is 2.34. The van der Waals surface area contributed by atoms with Gasteiger partial charge in [-0.05, 0) is 65.3 Å². The molecule has 0 aliphatic rings. The van der Waals surface area contributed by atoms with Crippen LogP contribution < -0.4 is 0 Å². The Kier molecular flexibility index (Phi) is 6.26. The Balaban J connectivity index is 1.70. The topological polar surface area (TPSA) is 0 Å². The molecule has 0 aliphatic heterocycles. The van der Waals surface area contributed by atoms with Gasteiger partial charge in [0.05, 0.1) is 5.56 Å². The zero-order chi connectivity index (χ0) is 22.8. The van der Waals surface area contributed by atoms with Crippen LogP contribution in [-0.4, -0.2) is 0 Å². The lowest BCUT2D eigenvalue weighted by Crippen LogP contribution is -1.95. The Labute approximate surface area is 183 Å². The normalized spacial score (nSPS) is 11.3. The fraction of sp³-hybridized carbons (Fsp3) is 0.185. The lowest BCUT2D eigenvalue weighted by molar-refractivity contribution is 0.517. The summed E-state index contributed by atoms with van der Waals surface area (Å²) in [5.41, 5.74) is 0.922. The maximum Gasteiger partial charge on any atom is 0.166 e. The van der Waals surface area contributed by atoms with E-state index in [1.807, 2.05) is 0 Å². The van der Waals surface area contributed by atoms with E-state index >= 15 is 0 Å². The molecule has 4 aromatic carbocycles. The van der Waals surface area contributed by atoms with Gasteiger partial charge in [-0.15, -0.1) is 0 Å². The first-order valence-corrected chi connectivity index (χ1v) is 10.5. The van der Waals surface area contributed by atoms with Crippen molar-refractivity contribution in [3.63, 3.8) is 0 Å². The van der Waals surface area contributed by atoms with Crippen LogP contribution in [0.15, 0.2) is 60.7 Å². The quantitative estimate of drug-likeness (QED) is 0.208. The fourth-order valence-electron chi connectivity index (χ4n) is 3.95. The van der Waals surface area contributed by atoms with Crippen LogP contribution >= 0.6 is 0 Å². The molecule has 0 saturated heterocycles. The predicted octanol–water partition coefficient (Wildman–Crippen LogP) is 8.60. The number of hydrogen-bond acceptors (Lipinski definition) is 0. The number of aryl methyl sites for hydroxylation is 1. The standard InChI is InChI=1S/C27H21F5/c1-2-3-4-5-16-6-9-20(23(29)12-16)19-14-24(30)26(25(31)15-19)18-7-10-21-17(13-18)8-11-22(28)27(21)32/h6-15H,2-5H2,1H3. The van der Waals surface area contributed by atoms with E-state index in [1.165, 1.54) is 36.4 Å². The van der Waals surface area contributed by atoms with E-state index < -0.39 is 29.1 Å². The van der Waals surface area contributed by atoms with E-state index in [0.29, 0.717) is 5.39 Å². The zero-order valence-electron chi connectivity index (χ0n) is 17.5. The maximum absolute atomic E-state index is 14.9. The minimum Gasteiger partial charge on any atom is -0.206 e. The van der Waals surface area contributed by atoms with Crippen molar-refractivity contribution in [2.24, 2.45) is 0 Å². The second kappa shape index (κ2) is 9.11. The van der Waals surface area contributed by atoms with Crippen molar-refractivity contribution in [1.82, 2.24) is 0 Å². The minimum absolute atomic E-state index is 0.0206. The van der Waals surface area contributed by atoms with Gasteiger partial charge in [0.1, 0.15) is 17.5 Å². The molecule has 0 heterocycles. The minimum atomic E-state index is -1.01. The van der Waals surface area contributed by atoms with Crippen LogP contribution in [0.25, 0.3) is 33.0 Å². The van der Waals surface area contributed by atoms with Gasteiger partial charge in [-0.1, -0.05) is 50.1 Å². The van der Waals surface area contributed by atoms with E-state index in [-0.39, 0.29) is 27.6 Å². The molecule has 0 bridgehead atoms. The van der Waals surface area contributed by atoms with Gasteiger partial charge in [-0.2, -0.15) is 0 Å². The van der Waals surface area contributed by atoms with Crippen molar-refractivity contribution >= 4 is 10.8 Å². The number of halogens is 5. The van der Waals surface area contributed by atoms with E-state index in [0.717, 1.165) is 49.4 Å². The molecule has 0 aromatic heterocycles. The molecule has 4 rings (SSSR count). The van der Waals surface area contributed by atoms with Crippen molar-refractivity contribution in [3.05, 3.63) is 95.3 Å². The average molecular weight is 440 g/mol. The Hall–Kier alpha value is -3.21. The summed E-state index contributed by atoms with van der Waals surface area (Å²) in [5.74, 6) is -4.28. The molecular weight excluding hydrogens is 419 g/mol. The lowest BCUT2D eigenvalue weighted by atomic mass is 9.96. The third-order valence-corrected chi connectivity index (χ3v) is 5.65. The summed E-state index contributed by atoms with van der Waals surface area (Å²) in [7, 11) is 0. The molecule has 0 fully saturated rings. The number of hydrogen-bond donors (Lipinski definition) is 0. The summed E-state index contributed by atoms with van der Waals surface area (Å²) in [6.45, 7) is 2.09. The maximum atomic E-state index is 14.9. The second-order valence-corrected chi connectivity index (χ2v) is 7.88. The molecule has 4 aromatic rings. The molecule has 0 N–H and O–H groups in total. The van der Waals surface area contributed by atoms with E-state index in [2.05, 4.69) is 6.92 Å². The van der Waals surface area contributed by atoms with Crippen LogP contribution in [0.3, 0.4) is 0 Å². The van der Waals surface area contributed by atoms with E-state index in [9.17, 15) is 22.0 Å². The Morgan fingerprint density at radius 2 is 1.38 bits per heavy atom. The molecule has 0 nitrogen and oxygen atoms in total. The van der Waals surface area contributed by atoms with Crippen LogP contribution in [0, 0.1) is 29.1 Å². The van der Waals surface area contributed by atoms with Gasteiger partial charge in [0.15, 0.2) is 11.6 Å². The van der Waals surface area contributed by atoms with Crippen molar-refractivity contribution in [2.75, 3.05) is 0 Å². The first kappa shape index (κ1) is 22.0. The molecule has 164 valence electrons. The number of unbranched alkanes of at least 4 members (excludes halogenated alkanes) is 2. The smallest absolute Gasteiger partial charge is 0.166 e. The average Bonchev–Trinajstić information content (AvgIpc) is 2.76. The number of fused-ring (bicyclic) bond motifs is 1. The molecule has 0 atom stereocenters. The summed E-state index contributed by atoms with van der Waals surface area (Å²) < 4.78 is 71.9. The summed E-state index contributed by atoms with van der Waals surface area (Å²) in [4.78, 5) is 0. The van der Waals surface area contributed by atoms with Crippen LogP contribution in [0.4, 0.5) is 22.0 Å². The highest BCUT2D eigenvalue weighted by atomic mass is 19.2. The summed E-state index contributed by atoms with van der Waals surface area (Å²) in [6.07, 6.45) is 3.82. The van der Waals surface area contributed by atoms with Crippen LogP contribution in [0.5, 0.6) is 0 Å². The van der Waals surface area contributed by atoms with Gasteiger partial charge in [-0.25, -0.2) is 22.0 Å². The largest absolute Gasteiger partial charge is 0.206 e. The summed E-state index contributed by atoms with van der Waals surface area (Å²) in [5, 5.41) is 0.335. The van der Waals surface area contributed by atoms with E-state index in [1.54, 1.807) is 6.07 Å². The Morgan fingerprint density at radius 3 is 2.06 bits per heavy atom. The summed E-state index contributed by atoms with van der Waals surface area (Å²) in [6, 6.07) is 13.2. The van der Waals surface area contributed by atoms with Gasteiger partial charge in [0.2, 0.25) is 0 Å². The van der Waals surface area contributed by atoms with Gasteiger partial charge >= 0.3 is 0 Å². The predicted molar refractivity (Wildman–Crippen MR) is 118 cm³/mol. The third-order valence-electron chi connectivity index (χ3n) is 5.65. The highest BCUT2D eigenvalue weighted by Gasteiger charge is 2.17. The monoisotopic (exact) mass is 440 g/mol. The van der Waals surface area contributed by atoms with Crippen LogP contribution in [0.2, 0.25) is 0 Å². The molecule has 0 aliphatic carbocycles. The van der Waals surface area contributed by atoms with Gasteiger partial charge in [0, 0.05) is 10.9 Å². The molecule has 5 heteroatoms. The first-order valence-electron chi connectivity index (χ1n) is 10.5. The van der Waals surface area contributed by atoms with Crippen LogP contribution in [0.1, 0.15) is 31.7 Å². The van der Waals surface area contributed by atoms with Crippen LogP contribution in [-0.2, 0) is 6.42 Å². The number of rotatable bonds is 6. The molecule has 0 unspecified atom stereocenters. The van der Waals surface area contributed by atoms with Gasteiger partial charge in [-0.3, -0.25) is 0 Å². The van der Waals surface area contributed by atoms with Crippen molar-refractivity contribution in [1.29, 1.82) is 0 Å². The molecular formula is C27H21F5. The molecule has 0 spiro atoms. The van der Waals surface area contributed by atoms with Crippen molar-refractivity contribution in [2.45, 2.75) is 32.6 Å². The Bertz CT molecular complexity index is 1270. The van der Waals surface area contributed by atoms with Crippen molar-refractivity contribution < 1.29 is 22.0 Å². The number of benzene rings is 4. The summed E-state index contributed by atoms with van der Waals surface area (Å²) >= 11 is 0. The molecule has 0 saturated carbocycles. The molecule has 32 heavy (non-hydrogen) atoms. The van der Waals surface area contributed by atoms with Crippen molar-refractivity contribution in [3.8, 4) is 22.3 Å². The molecule has 0 radical (unpaired) electrons. The SMILES string of the molecule is CCCCCc1ccc(-c2cc(F)c(-c3ccc4c(F)c(F)ccc4c3)c(F)c2)c(F)c1. The van der Waals surface area contributed by atoms with Gasteiger partial charge in [0.25, 0.3) is 0 Å². The van der Waals surface area contributed by atoms with E-state index in [4.69, 9.17) is 0 Å². The lowest BCUT2D eigenvalue weighted by Gasteiger charge is -2.11. The Morgan fingerprint density at radius 1 is 0.625 bits per heavy atom. The first-order chi connectivity index (χ1) is 15.4. The molecule has 0 amide bonds. The third kappa shape index (κ3) is 4.24. The second-order valence-electron chi connectivity index (χ2n) is 7.88. The zero-order valence-corrected chi connectivity index (χ0v) is 17.5.